The van der Waals surface area contributed by atoms with Crippen LogP contribution in [0.2, 0.25) is 10.0 Å². The molecule has 2 bridgehead atoms. The van der Waals surface area contributed by atoms with Crippen molar-refractivity contribution in [3.63, 3.8) is 0 Å². The van der Waals surface area contributed by atoms with E-state index in [2.05, 4.69) is 0 Å². The number of rotatable bonds is 6. The Hall–Kier alpha value is -3.30. The number of halogens is 2. The molecule has 0 spiro atoms. The van der Waals surface area contributed by atoms with Gasteiger partial charge in [-0.2, -0.15) is 5.01 Å². The number of hydrogen-bond donors (Lipinski definition) is 0. The molecule has 1 heterocycles. The van der Waals surface area contributed by atoms with Crippen molar-refractivity contribution < 1.29 is 24.1 Å². The van der Waals surface area contributed by atoms with Gasteiger partial charge >= 0.3 is 0 Å². The second-order valence-corrected chi connectivity index (χ2v) is 9.91. The maximum absolute atomic E-state index is 13.5. The maximum atomic E-state index is 13.5. The summed E-state index contributed by atoms with van der Waals surface area (Å²) in [5.74, 6) is -3.08. The lowest BCUT2D eigenvalue weighted by Gasteiger charge is -2.31. The first kappa shape index (κ1) is 23.4. The summed E-state index contributed by atoms with van der Waals surface area (Å²) in [5.41, 5.74) is -0.0445. The van der Waals surface area contributed by atoms with E-state index in [9.17, 15) is 29.3 Å². The summed E-state index contributed by atoms with van der Waals surface area (Å²) in [6.45, 7) is -0.608. The Bertz CT molecular complexity index is 1250. The molecule has 3 amide bonds. The van der Waals surface area contributed by atoms with Crippen molar-refractivity contribution in [3.8, 4) is 0 Å². The van der Waals surface area contributed by atoms with Crippen molar-refractivity contribution in [1.29, 1.82) is 0 Å². The van der Waals surface area contributed by atoms with Gasteiger partial charge in [0, 0.05) is 23.3 Å². The molecular formula is C24H19Cl2N3O6. The van der Waals surface area contributed by atoms with Crippen molar-refractivity contribution in [1.82, 2.24) is 10.0 Å². The first-order valence-corrected chi connectivity index (χ1v) is 11.8. The van der Waals surface area contributed by atoms with Crippen LogP contribution in [0.5, 0.6) is 0 Å². The van der Waals surface area contributed by atoms with Gasteiger partial charge in [0.2, 0.25) is 0 Å². The third kappa shape index (κ3) is 3.88. The number of Topliss-reactive ketones (excluding diaryl/α,β-unsaturated/α-hetero) is 1. The van der Waals surface area contributed by atoms with Crippen LogP contribution in [0.15, 0.2) is 42.5 Å². The van der Waals surface area contributed by atoms with Crippen molar-refractivity contribution >= 4 is 52.4 Å². The quantitative estimate of drug-likeness (QED) is 0.246. The number of nitro benzene ring substituents is 1. The number of benzene rings is 2. The van der Waals surface area contributed by atoms with E-state index in [0.717, 1.165) is 29.3 Å². The van der Waals surface area contributed by atoms with Crippen molar-refractivity contribution in [2.45, 2.75) is 19.3 Å². The number of nitro groups is 1. The predicted molar refractivity (Wildman–Crippen MR) is 125 cm³/mol. The standard InChI is InChI=1S/C24H19Cl2N3O6/c25-17-8-5-15(10-18(17)26)22(31)27(11-19(30)12-3-6-16(7-4-12)29(34)35)28-23(32)20-13-1-2-14(9-13)21(20)24(28)33/h3-8,10,13-14,20-21H,1-2,9,11H2/t13-,14-,20-,21+/m0/s1. The third-order valence-electron chi connectivity index (χ3n) is 7.24. The van der Waals surface area contributed by atoms with Gasteiger partial charge in [0.05, 0.1) is 26.8 Å². The largest absolute Gasteiger partial charge is 0.292 e. The minimum absolute atomic E-state index is 0.0523. The summed E-state index contributed by atoms with van der Waals surface area (Å²) in [7, 11) is 0. The molecular weight excluding hydrogens is 497 g/mol. The van der Waals surface area contributed by atoms with Crippen LogP contribution in [0.3, 0.4) is 0 Å². The summed E-state index contributed by atoms with van der Waals surface area (Å²) in [4.78, 5) is 63.8. The number of hydrazine groups is 1. The molecule has 0 aromatic heterocycles. The Morgan fingerprint density at radius 3 is 2.06 bits per heavy atom. The van der Waals surface area contributed by atoms with Crippen LogP contribution >= 0.6 is 23.2 Å². The number of non-ortho nitro benzene ring substituents is 1. The Balaban J connectivity index is 1.49. The Morgan fingerprint density at radius 1 is 0.943 bits per heavy atom. The molecule has 4 atom stereocenters. The zero-order chi connectivity index (χ0) is 25.0. The second-order valence-electron chi connectivity index (χ2n) is 9.09. The molecule has 2 aliphatic carbocycles. The maximum Gasteiger partial charge on any atom is 0.273 e. The number of amides is 3. The number of fused-ring (bicyclic) bond motifs is 5. The third-order valence-corrected chi connectivity index (χ3v) is 7.98. The first-order valence-electron chi connectivity index (χ1n) is 11.1. The molecule has 35 heavy (non-hydrogen) atoms. The lowest BCUT2D eigenvalue weighted by atomic mass is 9.81. The number of carbonyl (C=O) groups excluding carboxylic acids is 4. The topological polar surface area (TPSA) is 118 Å². The van der Waals surface area contributed by atoms with Crippen LogP contribution in [0.1, 0.15) is 40.0 Å². The van der Waals surface area contributed by atoms with Gasteiger partial charge in [0.1, 0.15) is 6.54 Å². The summed E-state index contributed by atoms with van der Waals surface area (Å²) in [6.07, 6.45) is 2.55. The monoisotopic (exact) mass is 515 g/mol. The first-order chi connectivity index (χ1) is 16.7. The second kappa shape index (κ2) is 8.73. The van der Waals surface area contributed by atoms with E-state index in [1.54, 1.807) is 0 Å². The van der Waals surface area contributed by atoms with Crippen LogP contribution in [0.4, 0.5) is 5.69 Å². The van der Waals surface area contributed by atoms with Gasteiger partial charge in [0.15, 0.2) is 5.78 Å². The van der Waals surface area contributed by atoms with Gasteiger partial charge in [-0.05, 0) is 61.4 Å². The zero-order valence-corrected chi connectivity index (χ0v) is 19.7. The molecule has 0 N–H and O–H groups in total. The molecule has 3 fully saturated rings. The Kier molecular flexibility index (Phi) is 5.85. The Labute approximate surface area is 209 Å². The average Bonchev–Trinajstić information content (AvgIpc) is 3.53. The molecule has 2 aromatic carbocycles. The van der Waals surface area contributed by atoms with Crippen LogP contribution < -0.4 is 0 Å². The minimum atomic E-state index is -0.757. The lowest BCUT2D eigenvalue weighted by molar-refractivity contribution is -0.384. The molecule has 180 valence electrons. The zero-order valence-electron chi connectivity index (χ0n) is 18.2. The van der Waals surface area contributed by atoms with Crippen molar-refractivity contribution in [3.05, 3.63) is 73.8 Å². The Morgan fingerprint density at radius 2 is 1.51 bits per heavy atom. The molecule has 5 rings (SSSR count). The molecule has 0 unspecified atom stereocenters. The highest BCUT2D eigenvalue weighted by atomic mass is 35.5. The van der Waals surface area contributed by atoms with E-state index in [-0.39, 0.29) is 38.7 Å². The minimum Gasteiger partial charge on any atom is -0.292 e. The van der Waals surface area contributed by atoms with E-state index in [0.29, 0.717) is 0 Å². The van der Waals surface area contributed by atoms with Crippen molar-refractivity contribution in [2.24, 2.45) is 23.7 Å². The van der Waals surface area contributed by atoms with Crippen molar-refractivity contribution in [2.75, 3.05) is 6.54 Å². The average molecular weight is 516 g/mol. The molecule has 11 heteroatoms. The molecule has 1 aliphatic heterocycles. The van der Waals surface area contributed by atoms with E-state index in [1.165, 1.54) is 42.5 Å². The fourth-order valence-electron chi connectivity index (χ4n) is 5.64. The number of carbonyl (C=O) groups is 4. The van der Waals surface area contributed by atoms with Crippen LogP contribution in [-0.4, -0.2) is 45.0 Å². The van der Waals surface area contributed by atoms with E-state index < -0.39 is 46.8 Å². The predicted octanol–water partition coefficient (Wildman–Crippen LogP) is 4.17. The smallest absolute Gasteiger partial charge is 0.273 e. The number of nitrogens with zero attached hydrogens (tertiary/aromatic N) is 3. The van der Waals surface area contributed by atoms with Crippen LogP contribution in [-0.2, 0) is 9.59 Å². The number of imide groups is 1. The van der Waals surface area contributed by atoms with Crippen LogP contribution in [0, 0.1) is 33.8 Å². The fraction of sp³-hybridized carbons (Fsp3) is 0.333. The number of hydrogen-bond acceptors (Lipinski definition) is 6. The highest BCUT2D eigenvalue weighted by Crippen LogP contribution is 2.56. The lowest BCUT2D eigenvalue weighted by Crippen LogP contribution is -2.52. The van der Waals surface area contributed by atoms with E-state index in [1.807, 2.05) is 0 Å². The molecule has 9 nitrogen and oxygen atoms in total. The summed E-state index contributed by atoms with van der Waals surface area (Å²) in [6, 6.07) is 9.01. The van der Waals surface area contributed by atoms with Gasteiger partial charge in [-0.15, -0.1) is 0 Å². The summed E-state index contributed by atoms with van der Waals surface area (Å²) < 4.78 is 0. The molecule has 2 aromatic rings. The summed E-state index contributed by atoms with van der Waals surface area (Å²) in [5, 5.41) is 12.9. The normalized spacial score (nSPS) is 24.6. The molecule has 2 saturated carbocycles. The fourth-order valence-corrected chi connectivity index (χ4v) is 5.94. The van der Waals surface area contributed by atoms with Gasteiger partial charge in [-0.25, -0.2) is 5.01 Å². The molecule has 1 saturated heterocycles. The van der Waals surface area contributed by atoms with Gasteiger partial charge in [0.25, 0.3) is 23.4 Å². The van der Waals surface area contributed by atoms with E-state index in [4.69, 9.17) is 23.2 Å². The van der Waals surface area contributed by atoms with Gasteiger partial charge in [-0.3, -0.25) is 29.3 Å². The van der Waals surface area contributed by atoms with Gasteiger partial charge in [-0.1, -0.05) is 23.2 Å². The highest BCUT2D eigenvalue weighted by molar-refractivity contribution is 6.42. The molecule has 3 aliphatic rings. The van der Waals surface area contributed by atoms with Crippen LogP contribution in [0.25, 0.3) is 0 Å². The van der Waals surface area contributed by atoms with E-state index >= 15 is 0 Å². The highest BCUT2D eigenvalue weighted by Gasteiger charge is 2.62. The molecule has 0 radical (unpaired) electrons. The summed E-state index contributed by atoms with van der Waals surface area (Å²) >= 11 is 12.0. The SMILES string of the molecule is O=C(CN(C(=O)c1ccc(Cl)c(Cl)c1)N1C(=O)[C@@H]2[C@H]3CC[C@@H](C3)[C@@H]2C1=O)c1ccc([N+](=O)[O-])cc1. The van der Waals surface area contributed by atoms with Gasteiger partial charge < -0.3 is 0 Å². The number of ketones is 1.